The van der Waals surface area contributed by atoms with E-state index in [1.807, 2.05) is 43.3 Å². The molecule has 2 aromatic carbocycles. The molecule has 1 heterocycles. The molecule has 3 aromatic rings. The number of benzene rings is 2. The minimum absolute atomic E-state index is 0. The molecule has 0 aliphatic carbocycles. The second kappa shape index (κ2) is 11.3. The average molecular weight is 464 g/mol. The van der Waals surface area contributed by atoms with Crippen LogP contribution in [0.3, 0.4) is 0 Å². The van der Waals surface area contributed by atoms with E-state index in [1.165, 1.54) is 11.3 Å². The molecule has 3 rings (SSSR count). The number of anilines is 1. The molecule has 0 atom stereocenters. The van der Waals surface area contributed by atoms with Gasteiger partial charge in [0.1, 0.15) is 21.7 Å². The quantitative estimate of drug-likeness (QED) is 0.445. The summed E-state index contributed by atoms with van der Waals surface area (Å²) in [7, 11) is 3.26. The largest absolute Gasteiger partial charge is 0.495 e. The van der Waals surface area contributed by atoms with E-state index in [2.05, 4.69) is 18.7 Å². The smallest absolute Gasteiger partial charge is 0.260 e. The van der Waals surface area contributed by atoms with Gasteiger partial charge >= 0.3 is 0 Å². The lowest BCUT2D eigenvalue weighted by molar-refractivity contribution is 0.0983. The molecule has 0 unspecified atom stereocenters. The van der Waals surface area contributed by atoms with Crippen LogP contribution in [0.4, 0.5) is 5.13 Å². The van der Waals surface area contributed by atoms with Crippen molar-refractivity contribution in [1.29, 1.82) is 0 Å². The standard InChI is InChI=1S/C23H29N3O3S.ClH/c1-6-25(7-2)13-14-26(22(27)17-10-8-9-16(3)15-17)23-24-20-18(28-4)11-12-19(29-5)21(20)30-23;/h8-12,15H,6-7,13-14H2,1-5H3;1H. The molecule has 31 heavy (non-hydrogen) atoms. The summed E-state index contributed by atoms with van der Waals surface area (Å²) in [6, 6.07) is 11.4. The van der Waals surface area contributed by atoms with E-state index in [0.717, 1.165) is 35.6 Å². The van der Waals surface area contributed by atoms with Crippen LogP contribution in [0, 0.1) is 6.92 Å². The first-order valence-electron chi connectivity index (χ1n) is 10.1. The van der Waals surface area contributed by atoms with Gasteiger partial charge in [0.2, 0.25) is 0 Å². The van der Waals surface area contributed by atoms with E-state index in [-0.39, 0.29) is 18.3 Å². The van der Waals surface area contributed by atoms with E-state index >= 15 is 0 Å². The molecule has 1 amide bonds. The van der Waals surface area contributed by atoms with Crippen LogP contribution >= 0.6 is 23.7 Å². The van der Waals surface area contributed by atoms with Gasteiger partial charge in [-0.25, -0.2) is 4.98 Å². The third kappa shape index (κ3) is 5.47. The van der Waals surface area contributed by atoms with Crippen molar-refractivity contribution in [2.45, 2.75) is 20.8 Å². The molecular weight excluding hydrogens is 434 g/mol. The Morgan fingerprint density at radius 3 is 2.32 bits per heavy atom. The maximum absolute atomic E-state index is 13.5. The lowest BCUT2D eigenvalue weighted by atomic mass is 10.1. The molecule has 0 saturated heterocycles. The van der Waals surface area contributed by atoms with Crippen LogP contribution in [0.5, 0.6) is 11.5 Å². The molecule has 0 aliphatic heterocycles. The highest BCUT2D eigenvalue weighted by molar-refractivity contribution is 7.22. The predicted molar refractivity (Wildman–Crippen MR) is 131 cm³/mol. The summed E-state index contributed by atoms with van der Waals surface area (Å²) >= 11 is 1.45. The van der Waals surface area contributed by atoms with Crippen LogP contribution in [0.25, 0.3) is 10.2 Å². The fourth-order valence-corrected chi connectivity index (χ4v) is 4.49. The Morgan fingerprint density at radius 1 is 1.03 bits per heavy atom. The summed E-state index contributed by atoms with van der Waals surface area (Å²) in [4.78, 5) is 22.3. The van der Waals surface area contributed by atoms with Crippen molar-refractivity contribution in [3.8, 4) is 11.5 Å². The van der Waals surface area contributed by atoms with Gasteiger partial charge < -0.3 is 14.4 Å². The second-order valence-corrected chi connectivity index (χ2v) is 7.97. The Hall–Kier alpha value is -2.35. The molecule has 1 aromatic heterocycles. The number of thiazole rings is 1. The number of hydrogen-bond acceptors (Lipinski definition) is 6. The van der Waals surface area contributed by atoms with Gasteiger partial charge in [-0.15, -0.1) is 12.4 Å². The monoisotopic (exact) mass is 463 g/mol. The lowest BCUT2D eigenvalue weighted by Gasteiger charge is -2.24. The van der Waals surface area contributed by atoms with E-state index in [1.54, 1.807) is 19.1 Å². The van der Waals surface area contributed by atoms with Crippen molar-refractivity contribution < 1.29 is 14.3 Å². The Labute approximate surface area is 194 Å². The number of halogens is 1. The maximum atomic E-state index is 13.5. The summed E-state index contributed by atoms with van der Waals surface area (Å²) in [6.45, 7) is 9.44. The zero-order valence-electron chi connectivity index (χ0n) is 18.7. The first-order chi connectivity index (χ1) is 14.5. The second-order valence-electron chi connectivity index (χ2n) is 7.00. The Morgan fingerprint density at radius 2 is 1.71 bits per heavy atom. The molecule has 0 N–H and O–H groups in total. The molecule has 168 valence electrons. The molecule has 6 nitrogen and oxygen atoms in total. The van der Waals surface area contributed by atoms with Crippen LogP contribution in [-0.2, 0) is 0 Å². The minimum atomic E-state index is -0.0529. The molecular formula is C23H30ClN3O3S. The van der Waals surface area contributed by atoms with Crippen molar-refractivity contribution >= 4 is 45.0 Å². The molecule has 0 radical (unpaired) electrons. The molecule has 8 heteroatoms. The van der Waals surface area contributed by atoms with Crippen molar-refractivity contribution in [1.82, 2.24) is 9.88 Å². The zero-order chi connectivity index (χ0) is 21.7. The highest BCUT2D eigenvalue weighted by Crippen LogP contribution is 2.40. The number of fused-ring (bicyclic) bond motifs is 1. The van der Waals surface area contributed by atoms with Crippen molar-refractivity contribution in [3.63, 3.8) is 0 Å². The molecule has 0 spiro atoms. The number of aryl methyl sites for hydroxylation is 1. The maximum Gasteiger partial charge on any atom is 0.260 e. The van der Waals surface area contributed by atoms with E-state index in [9.17, 15) is 4.79 Å². The summed E-state index contributed by atoms with van der Waals surface area (Å²) in [6.07, 6.45) is 0. The van der Waals surface area contributed by atoms with Gasteiger partial charge in [0.25, 0.3) is 5.91 Å². The highest BCUT2D eigenvalue weighted by atomic mass is 35.5. The number of likely N-dealkylation sites (N-methyl/N-ethyl adjacent to an activating group) is 1. The van der Waals surface area contributed by atoms with Gasteiger partial charge in [0.05, 0.1) is 14.2 Å². The van der Waals surface area contributed by atoms with Gasteiger partial charge in [0, 0.05) is 18.7 Å². The zero-order valence-corrected chi connectivity index (χ0v) is 20.3. The molecule has 0 bridgehead atoms. The summed E-state index contributed by atoms with van der Waals surface area (Å²) in [5.74, 6) is 1.34. The van der Waals surface area contributed by atoms with Crippen LogP contribution in [0.15, 0.2) is 36.4 Å². The van der Waals surface area contributed by atoms with Crippen molar-refractivity contribution in [2.75, 3.05) is 45.3 Å². The predicted octanol–water partition coefficient (Wildman–Crippen LogP) is 5.03. The summed E-state index contributed by atoms with van der Waals surface area (Å²) in [5.41, 5.74) is 2.42. The van der Waals surface area contributed by atoms with Crippen LogP contribution in [-0.4, -0.2) is 56.2 Å². The number of nitrogens with zero attached hydrogens (tertiary/aromatic N) is 3. The lowest BCUT2D eigenvalue weighted by Crippen LogP contribution is -2.38. The van der Waals surface area contributed by atoms with Gasteiger partial charge in [0.15, 0.2) is 5.13 Å². The first kappa shape index (κ1) is 24.9. The first-order valence-corrected chi connectivity index (χ1v) is 11.0. The van der Waals surface area contributed by atoms with Crippen molar-refractivity contribution in [3.05, 3.63) is 47.5 Å². The number of carbonyl (C=O) groups is 1. The number of ether oxygens (including phenoxy) is 2. The van der Waals surface area contributed by atoms with Crippen LogP contribution in [0.1, 0.15) is 29.8 Å². The number of carbonyl (C=O) groups excluding carboxylic acids is 1. The van der Waals surface area contributed by atoms with E-state index < -0.39 is 0 Å². The highest BCUT2D eigenvalue weighted by Gasteiger charge is 2.24. The number of methoxy groups -OCH3 is 2. The molecule has 0 fully saturated rings. The van der Waals surface area contributed by atoms with Crippen LogP contribution in [0.2, 0.25) is 0 Å². The number of aromatic nitrogens is 1. The normalized spacial score (nSPS) is 10.8. The number of rotatable bonds is 9. The van der Waals surface area contributed by atoms with E-state index in [0.29, 0.717) is 28.5 Å². The summed E-state index contributed by atoms with van der Waals surface area (Å²) in [5, 5.41) is 0.645. The Balaban J connectivity index is 0.00000341. The fraction of sp³-hybridized carbons (Fsp3) is 0.391. The Bertz CT molecular complexity index is 979. The average Bonchev–Trinajstić information content (AvgIpc) is 3.21. The molecule has 0 saturated carbocycles. The fourth-order valence-electron chi connectivity index (χ4n) is 3.39. The van der Waals surface area contributed by atoms with Gasteiger partial charge in [-0.05, 0) is 44.3 Å². The number of amides is 1. The van der Waals surface area contributed by atoms with Gasteiger partial charge in [-0.2, -0.15) is 0 Å². The molecule has 0 aliphatic rings. The SMILES string of the molecule is CCN(CC)CCN(C(=O)c1cccc(C)c1)c1nc2c(OC)ccc(OC)c2s1.Cl. The van der Waals surface area contributed by atoms with Crippen molar-refractivity contribution in [2.24, 2.45) is 0 Å². The topological polar surface area (TPSA) is 54.9 Å². The van der Waals surface area contributed by atoms with Gasteiger partial charge in [-0.1, -0.05) is 42.9 Å². The minimum Gasteiger partial charge on any atom is -0.495 e. The summed E-state index contributed by atoms with van der Waals surface area (Å²) < 4.78 is 11.9. The third-order valence-corrected chi connectivity index (χ3v) is 6.27. The number of hydrogen-bond donors (Lipinski definition) is 0. The Kier molecular flexibility index (Phi) is 9.10. The van der Waals surface area contributed by atoms with E-state index in [4.69, 9.17) is 14.5 Å². The third-order valence-electron chi connectivity index (χ3n) is 5.17. The van der Waals surface area contributed by atoms with Gasteiger partial charge in [-0.3, -0.25) is 9.69 Å². The van der Waals surface area contributed by atoms with Crippen LogP contribution < -0.4 is 14.4 Å².